The minimum atomic E-state index is 0. The number of nitrogens with one attached hydrogen (secondary N) is 2. The topological polar surface area (TPSA) is 42.9 Å². The maximum absolute atomic E-state index is 4.85. The number of aliphatic imine (C=N–C) groups is 1. The Morgan fingerprint density at radius 1 is 1.06 bits per heavy atom. The van der Waals surface area contributed by atoms with E-state index in [9.17, 15) is 0 Å². The molecular weight excluding hydrogens is 497 g/mol. The SMILES string of the molecule is C=C(C)CN1CCC(NC(=NCc2ccc(N3CCC(C)CC3)cc2)NCC)CC1.I. The summed E-state index contributed by atoms with van der Waals surface area (Å²) in [6, 6.07) is 9.48. The Labute approximate surface area is 206 Å². The number of anilines is 1. The molecule has 2 fully saturated rings. The number of piperidine rings is 2. The predicted octanol–water partition coefficient (Wildman–Crippen LogP) is 4.64. The summed E-state index contributed by atoms with van der Waals surface area (Å²) in [6.45, 7) is 17.9. The average Bonchev–Trinajstić information content (AvgIpc) is 2.74. The number of rotatable bonds is 7. The normalized spacial score (nSPS) is 19.1. The van der Waals surface area contributed by atoms with E-state index in [4.69, 9.17) is 4.99 Å². The Morgan fingerprint density at radius 3 is 2.29 bits per heavy atom. The van der Waals surface area contributed by atoms with Gasteiger partial charge in [0.1, 0.15) is 0 Å². The Bertz CT molecular complexity index is 686. The van der Waals surface area contributed by atoms with Crippen LogP contribution < -0.4 is 15.5 Å². The van der Waals surface area contributed by atoms with Gasteiger partial charge in [-0.05, 0) is 63.1 Å². The molecule has 31 heavy (non-hydrogen) atoms. The number of halogens is 1. The highest BCUT2D eigenvalue weighted by atomic mass is 127. The number of benzene rings is 1. The summed E-state index contributed by atoms with van der Waals surface area (Å²) in [5.41, 5.74) is 3.86. The quantitative estimate of drug-likeness (QED) is 0.230. The van der Waals surface area contributed by atoms with Gasteiger partial charge in [-0.1, -0.05) is 31.2 Å². The Hall–Kier alpha value is -1.28. The molecule has 2 heterocycles. The van der Waals surface area contributed by atoms with Gasteiger partial charge in [0.2, 0.25) is 0 Å². The zero-order valence-electron chi connectivity index (χ0n) is 19.7. The van der Waals surface area contributed by atoms with Crippen molar-refractivity contribution in [3.63, 3.8) is 0 Å². The van der Waals surface area contributed by atoms with Crippen molar-refractivity contribution in [2.75, 3.05) is 44.2 Å². The van der Waals surface area contributed by atoms with Gasteiger partial charge < -0.3 is 15.5 Å². The van der Waals surface area contributed by atoms with Gasteiger partial charge >= 0.3 is 0 Å². The molecule has 5 nitrogen and oxygen atoms in total. The number of likely N-dealkylation sites (tertiary alicyclic amines) is 1. The molecule has 2 saturated heterocycles. The maximum Gasteiger partial charge on any atom is 0.191 e. The van der Waals surface area contributed by atoms with Gasteiger partial charge in [-0.3, -0.25) is 4.90 Å². The van der Waals surface area contributed by atoms with Crippen LogP contribution in [0.15, 0.2) is 41.4 Å². The van der Waals surface area contributed by atoms with E-state index in [0.717, 1.165) is 50.9 Å². The lowest BCUT2D eigenvalue weighted by Crippen LogP contribution is -2.48. The largest absolute Gasteiger partial charge is 0.372 e. The summed E-state index contributed by atoms with van der Waals surface area (Å²) >= 11 is 0. The smallest absolute Gasteiger partial charge is 0.191 e. The molecular formula is C25H42IN5. The minimum absolute atomic E-state index is 0. The first kappa shape index (κ1) is 26.0. The van der Waals surface area contributed by atoms with Crippen LogP contribution in [0.2, 0.25) is 0 Å². The summed E-state index contributed by atoms with van der Waals surface area (Å²) in [5, 5.41) is 7.06. The molecule has 0 spiro atoms. The second kappa shape index (κ2) is 13.3. The van der Waals surface area contributed by atoms with Crippen LogP contribution in [0.25, 0.3) is 0 Å². The van der Waals surface area contributed by atoms with Gasteiger partial charge in [-0.2, -0.15) is 0 Å². The highest BCUT2D eigenvalue weighted by Crippen LogP contribution is 2.23. The van der Waals surface area contributed by atoms with E-state index >= 15 is 0 Å². The van der Waals surface area contributed by atoms with Crippen molar-refractivity contribution in [3.05, 3.63) is 42.0 Å². The van der Waals surface area contributed by atoms with Crippen molar-refractivity contribution in [2.45, 2.75) is 59.0 Å². The zero-order valence-corrected chi connectivity index (χ0v) is 22.0. The van der Waals surface area contributed by atoms with Gasteiger partial charge in [0, 0.05) is 51.0 Å². The summed E-state index contributed by atoms with van der Waals surface area (Å²) in [6.07, 6.45) is 4.91. The zero-order chi connectivity index (χ0) is 21.3. The molecule has 0 unspecified atom stereocenters. The fraction of sp³-hybridized carbons (Fsp3) is 0.640. The average molecular weight is 540 g/mol. The Balaban J connectivity index is 0.00000341. The van der Waals surface area contributed by atoms with E-state index < -0.39 is 0 Å². The fourth-order valence-electron chi connectivity index (χ4n) is 4.38. The molecule has 0 atom stereocenters. The van der Waals surface area contributed by atoms with Gasteiger partial charge in [-0.25, -0.2) is 4.99 Å². The van der Waals surface area contributed by atoms with Gasteiger partial charge in [0.15, 0.2) is 5.96 Å². The van der Waals surface area contributed by atoms with E-state index in [0.29, 0.717) is 12.6 Å². The van der Waals surface area contributed by atoms with Crippen LogP contribution in [0.3, 0.4) is 0 Å². The Morgan fingerprint density at radius 2 is 1.71 bits per heavy atom. The van der Waals surface area contributed by atoms with Crippen LogP contribution >= 0.6 is 24.0 Å². The Kier molecular flexibility index (Phi) is 11.2. The summed E-state index contributed by atoms with van der Waals surface area (Å²) in [7, 11) is 0. The molecule has 0 saturated carbocycles. The lowest BCUT2D eigenvalue weighted by Gasteiger charge is -2.33. The second-order valence-corrected chi connectivity index (χ2v) is 9.18. The first-order valence-corrected chi connectivity index (χ1v) is 11.8. The third-order valence-corrected chi connectivity index (χ3v) is 6.27. The first-order valence-electron chi connectivity index (χ1n) is 11.8. The van der Waals surface area contributed by atoms with Crippen LogP contribution in [-0.2, 0) is 6.54 Å². The molecule has 2 N–H and O–H groups in total. The molecule has 2 aliphatic rings. The molecule has 0 aromatic heterocycles. The van der Waals surface area contributed by atoms with E-state index in [1.165, 1.54) is 42.8 Å². The molecule has 6 heteroatoms. The number of hydrogen-bond acceptors (Lipinski definition) is 3. The van der Waals surface area contributed by atoms with E-state index in [-0.39, 0.29) is 24.0 Å². The van der Waals surface area contributed by atoms with E-state index in [1.54, 1.807) is 0 Å². The minimum Gasteiger partial charge on any atom is -0.372 e. The van der Waals surface area contributed by atoms with Crippen LogP contribution in [0, 0.1) is 5.92 Å². The maximum atomic E-state index is 4.85. The van der Waals surface area contributed by atoms with Crippen molar-refractivity contribution in [2.24, 2.45) is 10.9 Å². The number of hydrogen-bond donors (Lipinski definition) is 2. The summed E-state index contributed by atoms with van der Waals surface area (Å²) in [5.74, 6) is 1.80. The van der Waals surface area contributed by atoms with Crippen molar-refractivity contribution in [1.82, 2.24) is 15.5 Å². The molecule has 1 aromatic carbocycles. The molecule has 0 radical (unpaired) electrons. The van der Waals surface area contributed by atoms with Crippen LogP contribution in [-0.4, -0.2) is 56.2 Å². The second-order valence-electron chi connectivity index (χ2n) is 9.18. The number of guanidine groups is 1. The monoisotopic (exact) mass is 539 g/mol. The number of nitrogens with zero attached hydrogens (tertiary/aromatic N) is 3. The van der Waals surface area contributed by atoms with Gasteiger partial charge in [0.05, 0.1) is 6.54 Å². The molecule has 174 valence electrons. The molecule has 2 aliphatic heterocycles. The van der Waals surface area contributed by atoms with Crippen LogP contribution in [0.1, 0.15) is 52.0 Å². The predicted molar refractivity (Wildman–Crippen MR) is 145 cm³/mol. The lowest BCUT2D eigenvalue weighted by molar-refractivity contribution is 0.221. The summed E-state index contributed by atoms with van der Waals surface area (Å²) < 4.78 is 0. The molecule has 0 aliphatic carbocycles. The van der Waals surface area contributed by atoms with Gasteiger partial charge in [0.25, 0.3) is 0 Å². The van der Waals surface area contributed by atoms with Crippen LogP contribution in [0.4, 0.5) is 5.69 Å². The third-order valence-electron chi connectivity index (χ3n) is 6.27. The summed E-state index contributed by atoms with van der Waals surface area (Å²) in [4.78, 5) is 9.86. The fourth-order valence-corrected chi connectivity index (χ4v) is 4.38. The molecule has 0 amide bonds. The molecule has 1 aromatic rings. The van der Waals surface area contributed by atoms with Crippen molar-refractivity contribution < 1.29 is 0 Å². The molecule has 0 bridgehead atoms. The third kappa shape index (κ3) is 8.64. The van der Waals surface area contributed by atoms with Crippen molar-refractivity contribution in [1.29, 1.82) is 0 Å². The molecule has 3 rings (SSSR count). The standard InChI is InChI=1S/C25H41N5.HI/c1-5-26-25(28-23-12-14-29(15-13-23)19-20(2)3)27-18-22-6-8-24(9-7-22)30-16-10-21(4)11-17-30;/h6-9,21,23H,2,5,10-19H2,1,3-4H3,(H2,26,27,28);1H. The highest BCUT2D eigenvalue weighted by molar-refractivity contribution is 14.0. The van der Waals surface area contributed by atoms with E-state index in [2.05, 4.69) is 72.0 Å². The highest BCUT2D eigenvalue weighted by Gasteiger charge is 2.20. The van der Waals surface area contributed by atoms with Crippen LogP contribution in [0.5, 0.6) is 0 Å². The van der Waals surface area contributed by atoms with E-state index in [1.807, 2.05) is 0 Å². The van der Waals surface area contributed by atoms with Crippen molar-refractivity contribution in [3.8, 4) is 0 Å². The van der Waals surface area contributed by atoms with Crippen molar-refractivity contribution >= 4 is 35.6 Å². The first-order chi connectivity index (χ1) is 14.5. The lowest BCUT2D eigenvalue weighted by atomic mass is 9.99. The van der Waals surface area contributed by atoms with Gasteiger partial charge in [-0.15, -0.1) is 24.0 Å².